The fourth-order valence-corrected chi connectivity index (χ4v) is 3.22. The minimum Gasteiger partial charge on any atom is -0.497 e. The molecule has 3 rings (SSSR count). The quantitative estimate of drug-likeness (QED) is 0.815. The second kappa shape index (κ2) is 8.58. The van der Waals surface area contributed by atoms with Crippen LogP contribution in [0.3, 0.4) is 0 Å². The highest BCUT2D eigenvalue weighted by Crippen LogP contribution is 2.23. The third kappa shape index (κ3) is 4.78. The molecule has 1 fully saturated rings. The van der Waals surface area contributed by atoms with Gasteiger partial charge in [-0.25, -0.2) is 0 Å². The molecule has 1 unspecified atom stereocenters. The number of methoxy groups -OCH3 is 2. The van der Waals surface area contributed by atoms with Gasteiger partial charge in [-0.05, 0) is 17.7 Å². The number of hydrogen-bond acceptors (Lipinski definition) is 4. The summed E-state index contributed by atoms with van der Waals surface area (Å²) in [6.45, 7) is 1.71. The SMILES string of the molecule is COc1cc(OC)cc(C(=O)NCC2CC(=O)N(Cc3ccccc3)C2)c1. The molecule has 2 aromatic rings. The summed E-state index contributed by atoms with van der Waals surface area (Å²) in [5.74, 6) is 1.15. The predicted molar refractivity (Wildman–Crippen MR) is 102 cm³/mol. The summed E-state index contributed by atoms with van der Waals surface area (Å²) >= 11 is 0. The summed E-state index contributed by atoms with van der Waals surface area (Å²) < 4.78 is 10.4. The van der Waals surface area contributed by atoms with Crippen LogP contribution in [0, 0.1) is 5.92 Å². The monoisotopic (exact) mass is 368 g/mol. The molecule has 1 saturated heterocycles. The molecule has 6 nitrogen and oxygen atoms in total. The number of benzene rings is 2. The Bertz CT molecular complexity index is 785. The van der Waals surface area contributed by atoms with Gasteiger partial charge in [0.1, 0.15) is 11.5 Å². The molecule has 0 aliphatic carbocycles. The van der Waals surface area contributed by atoms with E-state index in [9.17, 15) is 9.59 Å². The Kier molecular flexibility index (Phi) is 5.96. The zero-order chi connectivity index (χ0) is 19.2. The fraction of sp³-hybridized carbons (Fsp3) is 0.333. The fourth-order valence-electron chi connectivity index (χ4n) is 3.22. The largest absolute Gasteiger partial charge is 0.497 e. The van der Waals surface area contributed by atoms with Crippen LogP contribution in [0.5, 0.6) is 11.5 Å². The topological polar surface area (TPSA) is 67.9 Å². The van der Waals surface area contributed by atoms with E-state index in [1.165, 1.54) is 0 Å². The standard InChI is InChI=1S/C21H24N2O4/c1-26-18-9-17(10-19(11-18)27-2)21(25)22-12-16-8-20(24)23(14-16)13-15-6-4-3-5-7-15/h3-7,9-11,16H,8,12-14H2,1-2H3,(H,22,25). The summed E-state index contributed by atoms with van der Waals surface area (Å²) in [7, 11) is 3.09. The molecule has 1 atom stereocenters. The van der Waals surface area contributed by atoms with E-state index in [4.69, 9.17) is 9.47 Å². The number of carbonyl (C=O) groups is 2. The third-order valence-electron chi connectivity index (χ3n) is 4.68. The van der Waals surface area contributed by atoms with Crippen molar-refractivity contribution in [2.75, 3.05) is 27.3 Å². The van der Waals surface area contributed by atoms with Crippen molar-refractivity contribution in [1.82, 2.24) is 10.2 Å². The zero-order valence-electron chi connectivity index (χ0n) is 15.6. The van der Waals surface area contributed by atoms with E-state index >= 15 is 0 Å². The summed E-state index contributed by atoms with van der Waals surface area (Å²) in [4.78, 5) is 26.6. The zero-order valence-corrected chi connectivity index (χ0v) is 15.6. The van der Waals surface area contributed by atoms with Gasteiger partial charge in [-0.1, -0.05) is 30.3 Å². The second-order valence-corrected chi connectivity index (χ2v) is 6.64. The first kappa shape index (κ1) is 18.8. The van der Waals surface area contributed by atoms with Crippen molar-refractivity contribution < 1.29 is 19.1 Å². The van der Waals surface area contributed by atoms with Crippen molar-refractivity contribution in [3.05, 3.63) is 59.7 Å². The van der Waals surface area contributed by atoms with Crippen molar-refractivity contribution in [1.29, 1.82) is 0 Å². The highest BCUT2D eigenvalue weighted by atomic mass is 16.5. The van der Waals surface area contributed by atoms with Gasteiger partial charge in [-0.2, -0.15) is 0 Å². The van der Waals surface area contributed by atoms with E-state index in [2.05, 4.69) is 5.32 Å². The summed E-state index contributed by atoms with van der Waals surface area (Å²) in [5, 5.41) is 2.92. The number of likely N-dealkylation sites (tertiary alicyclic amines) is 1. The number of carbonyl (C=O) groups excluding carboxylic acids is 2. The summed E-state index contributed by atoms with van der Waals surface area (Å²) in [5.41, 5.74) is 1.58. The molecule has 0 bridgehead atoms. The average Bonchev–Trinajstić information content (AvgIpc) is 3.05. The molecular weight excluding hydrogens is 344 g/mol. The van der Waals surface area contributed by atoms with Gasteiger partial charge in [0.05, 0.1) is 14.2 Å². The van der Waals surface area contributed by atoms with E-state index in [0.29, 0.717) is 43.1 Å². The second-order valence-electron chi connectivity index (χ2n) is 6.64. The van der Waals surface area contributed by atoms with Gasteiger partial charge in [0.2, 0.25) is 5.91 Å². The van der Waals surface area contributed by atoms with Gasteiger partial charge in [-0.15, -0.1) is 0 Å². The lowest BCUT2D eigenvalue weighted by Gasteiger charge is -2.17. The van der Waals surface area contributed by atoms with Crippen LogP contribution in [0.2, 0.25) is 0 Å². The lowest BCUT2D eigenvalue weighted by Crippen LogP contribution is -2.31. The Morgan fingerprint density at radius 2 is 1.78 bits per heavy atom. The first-order valence-corrected chi connectivity index (χ1v) is 8.92. The van der Waals surface area contributed by atoms with E-state index in [1.807, 2.05) is 35.2 Å². The maximum atomic E-state index is 12.5. The smallest absolute Gasteiger partial charge is 0.251 e. The molecule has 0 spiro atoms. The van der Waals surface area contributed by atoms with Crippen LogP contribution < -0.4 is 14.8 Å². The Hall–Kier alpha value is -3.02. The summed E-state index contributed by atoms with van der Waals surface area (Å²) in [6, 6.07) is 15.0. The van der Waals surface area contributed by atoms with Crippen LogP contribution in [0.1, 0.15) is 22.3 Å². The number of nitrogens with zero attached hydrogens (tertiary/aromatic N) is 1. The highest BCUT2D eigenvalue weighted by molar-refractivity contribution is 5.95. The molecule has 2 aromatic carbocycles. The van der Waals surface area contributed by atoms with E-state index in [0.717, 1.165) is 5.56 Å². The van der Waals surface area contributed by atoms with Crippen molar-refractivity contribution in [3.63, 3.8) is 0 Å². The molecule has 27 heavy (non-hydrogen) atoms. The first-order valence-electron chi connectivity index (χ1n) is 8.92. The van der Waals surface area contributed by atoms with Crippen molar-refractivity contribution >= 4 is 11.8 Å². The third-order valence-corrected chi connectivity index (χ3v) is 4.68. The van der Waals surface area contributed by atoms with Gasteiger partial charge in [0.25, 0.3) is 5.91 Å². The van der Waals surface area contributed by atoms with Gasteiger partial charge in [0, 0.05) is 43.6 Å². The number of amides is 2. The lowest BCUT2D eigenvalue weighted by atomic mass is 10.1. The maximum absolute atomic E-state index is 12.5. The molecule has 1 aliphatic rings. The minimum atomic E-state index is -0.207. The number of nitrogens with one attached hydrogen (secondary N) is 1. The Morgan fingerprint density at radius 3 is 2.41 bits per heavy atom. The highest BCUT2D eigenvalue weighted by Gasteiger charge is 2.29. The number of ether oxygens (including phenoxy) is 2. The van der Waals surface area contributed by atoms with Gasteiger partial charge in [0.15, 0.2) is 0 Å². The molecule has 1 N–H and O–H groups in total. The predicted octanol–water partition coefficient (Wildman–Crippen LogP) is 2.48. The lowest BCUT2D eigenvalue weighted by molar-refractivity contribution is -0.128. The molecule has 6 heteroatoms. The van der Waals surface area contributed by atoms with Crippen molar-refractivity contribution in [2.45, 2.75) is 13.0 Å². The van der Waals surface area contributed by atoms with Crippen LogP contribution in [-0.4, -0.2) is 44.0 Å². The average molecular weight is 368 g/mol. The van der Waals surface area contributed by atoms with Crippen molar-refractivity contribution in [3.8, 4) is 11.5 Å². The normalized spacial score (nSPS) is 16.3. The van der Waals surface area contributed by atoms with Crippen LogP contribution in [0.15, 0.2) is 48.5 Å². The molecule has 0 radical (unpaired) electrons. The van der Waals surface area contributed by atoms with Crippen LogP contribution in [0.25, 0.3) is 0 Å². The molecule has 0 aromatic heterocycles. The Balaban J connectivity index is 1.56. The molecular formula is C21H24N2O4. The number of hydrogen-bond donors (Lipinski definition) is 1. The van der Waals surface area contributed by atoms with E-state index in [-0.39, 0.29) is 17.7 Å². The molecule has 1 aliphatic heterocycles. The van der Waals surface area contributed by atoms with Crippen LogP contribution >= 0.6 is 0 Å². The molecule has 142 valence electrons. The minimum absolute atomic E-state index is 0.109. The molecule has 0 saturated carbocycles. The maximum Gasteiger partial charge on any atom is 0.251 e. The van der Waals surface area contributed by atoms with Gasteiger partial charge < -0.3 is 19.7 Å². The van der Waals surface area contributed by atoms with E-state index in [1.54, 1.807) is 32.4 Å². The van der Waals surface area contributed by atoms with Gasteiger partial charge in [-0.3, -0.25) is 9.59 Å². The Morgan fingerprint density at radius 1 is 1.11 bits per heavy atom. The summed E-state index contributed by atoms with van der Waals surface area (Å²) in [6.07, 6.45) is 0.453. The van der Waals surface area contributed by atoms with E-state index < -0.39 is 0 Å². The molecule has 2 amide bonds. The first-order chi connectivity index (χ1) is 13.1. The number of rotatable bonds is 7. The molecule has 1 heterocycles. The Labute approximate surface area is 159 Å². The van der Waals surface area contributed by atoms with Gasteiger partial charge >= 0.3 is 0 Å². The van der Waals surface area contributed by atoms with Crippen LogP contribution in [-0.2, 0) is 11.3 Å². The van der Waals surface area contributed by atoms with Crippen molar-refractivity contribution in [2.24, 2.45) is 5.92 Å². The van der Waals surface area contributed by atoms with Crippen LogP contribution in [0.4, 0.5) is 0 Å².